The molecule has 0 atom stereocenters. The molecule has 30 heavy (non-hydrogen) atoms. The summed E-state index contributed by atoms with van der Waals surface area (Å²) in [7, 11) is 0. The maximum Gasteiger partial charge on any atom is 0.417 e. The van der Waals surface area contributed by atoms with E-state index in [4.69, 9.17) is 23.2 Å². The average Bonchev–Trinajstić information content (AvgIpc) is 2.64. The van der Waals surface area contributed by atoms with Crippen LogP contribution in [0.3, 0.4) is 0 Å². The summed E-state index contributed by atoms with van der Waals surface area (Å²) >= 11 is 0. The van der Waals surface area contributed by atoms with E-state index in [1.54, 1.807) is 0 Å². The third-order valence-electron chi connectivity index (χ3n) is 3.94. The predicted molar refractivity (Wildman–Crippen MR) is 94.4 cm³/mol. The number of carbonyl (C=O) groups is 2. The molecule has 0 aliphatic carbocycles. The fourth-order valence-corrected chi connectivity index (χ4v) is 2.56. The number of benzene rings is 2. The first-order chi connectivity index (χ1) is 13.6. The van der Waals surface area contributed by atoms with E-state index in [9.17, 15) is 35.9 Å². The maximum absolute atomic E-state index is 13.6. The van der Waals surface area contributed by atoms with Crippen molar-refractivity contribution in [2.24, 2.45) is 23.2 Å². The Bertz CT molecular complexity index is 912. The summed E-state index contributed by atoms with van der Waals surface area (Å²) in [4.78, 5) is 22.2. The second kappa shape index (κ2) is 7.72. The predicted octanol–water partition coefficient (Wildman–Crippen LogP) is 2.91. The molecule has 0 unspecified atom stereocenters. The fraction of sp³-hybridized carbons (Fsp3) is 0.125. The molecule has 0 saturated carbocycles. The van der Waals surface area contributed by atoms with E-state index in [1.807, 2.05) is 0 Å². The van der Waals surface area contributed by atoms with E-state index in [-0.39, 0.29) is 10.0 Å². The van der Waals surface area contributed by atoms with Gasteiger partial charge in [0.15, 0.2) is 0 Å². The van der Waals surface area contributed by atoms with Crippen LogP contribution in [0.15, 0.2) is 36.4 Å². The average molecular weight is 436 g/mol. The van der Waals surface area contributed by atoms with Crippen molar-refractivity contribution in [3.05, 3.63) is 47.5 Å². The normalized spacial score (nSPS) is 11.9. The van der Waals surface area contributed by atoms with Crippen LogP contribution in [0.4, 0.5) is 47.3 Å². The van der Waals surface area contributed by atoms with Crippen LogP contribution in [0.5, 0.6) is 0 Å². The van der Waals surface area contributed by atoms with Crippen LogP contribution in [0.25, 0.3) is 11.1 Å². The summed E-state index contributed by atoms with van der Waals surface area (Å²) in [5.41, 5.74) is 4.10. The van der Waals surface area contributed by atoms with Crippen molar-refractivity contribution >= 4 is 23.4 Å². The Kier molecular flexibility index (Phi) is 5.86. The number of hydrogen-bond acceptors (Lipinski definition) is 4. The lowest BCUT2D eigenvalue weighted by molar-refractivity contribution is -0.139. The van der Waals surface area contributed by atoms with Crippen molar-refractivity contribution in [3.63, 3.8) is 0 Å². The lowest BCUT2D eigenvalue weighted by atomic mass is 9.93. The largest absolute Gasteiger partial charge is 0.417 e. The van der Waals surface area contributed by atoms with Gasteiger partial charge in [-0.25, -0.2) is 31.3 Å². The van der Waals surface area contributed by atoms with Gasteiger partial charge in [0.2, 0.25) is 0 Å². The van der Waals surface area contributed by atoms with Gasteiger partial charge in [-0.15, -0.1) is 0 Å². The second-order valence-electron chi connectivity index (χ2n) is 5.87. The van der Waals surface area contributed by atoms with Crippen molar-refractivity contribution in [1.82, 2.24) is 0 Å². The van der Waals surface area contributed by atoms with Crippen LogP contribution in [0, 0.1) is 0 Å². The molecule has 8 N–H and O–H groups in total. The van der Waals surface area contributed by atoms with Crippen LogP contribution >= 0.6 is 0 Å². The fourth-order valence-electron chi connectivity index (χ4n) is 2.56. The molecule has 0 radical (unpaired) electrons. The SMILES string of the molecule is NC(=O)N(N)c1ccc(-c2ccc(N(N)C(N)=O)cc2C(F)(F)F)c(C(F)(F)F)c1. The lowest BCUT2D eigenvalue weighted by Crippen LogP contribution is -2.41. The molecule has 0 saturated heterocycles. The van der Waals surface area contributed by atoms with E-state index in [1.165, 1.54) is 0 Å². The zero-order chi connectivity index (χ0) is 23.0. The molecule has 4 amide bonds. The summed E-state index contributed by atoms with van der Waals surface area (Å²) in [6.45, 7) is 0. The monoisotopic (exact) mass is 436 g/mol. The minimum absolute atomic E-state index is 0.200. The zero-order valence-corrected chi connectivity index (χ0v) is 14.8. The Morgan fingerprint density at radius 1 is 0.667 bits per heavy atom. The number of primary amides is 2. The van der Waals surface area contributed by atoms with Crippen LogP contribution in [0.1, 0.15) is 11.1 Å². The quantitative estimate of drug-likeness (QED) is 0.254. The Morgan fingerprint density at radius 2 is 0.967 bits per heavy atom. The standard InChI is InChI=1S/C16H14F6N6O2/c17-15(18,19)11-5-7(27(25)13(23)29)1-3-9(11)10-4-2-8(28(26)14(24)30)6-12(10)16(20,21)22/h1-6H,25-26H2,(H2,23,29)(H2,24,30). The van der Waals surface area contributed by atoms with Gasteiger partial charge < -0.3 is 11.5 Å². The molecule has 0 aliphatic rings. The molecule has 0 bridgehead atoms. The smallest absolute Gasteiger partial charge is 0.350 e. The van der Waals surface area contributed by atoms with E-state index in [0.29, 0.717) is 24.3 Å². The van der Waals surface area contributed by atoms with Gasteiger partial charge in [-0.05, 0) is 35.4 Å². The number of carbonyl (C=O) groups excluding carboxylic acids is 2. The Balaban J connectivity index is 2.79. The molecular weight excluding hydrogens is 422 g/mol. The topological polar surface area (TPSA) is 145 Å². The third kappa shape index (κ3) is 4.55. The number of nitrogens with zero attached hydrogens (tertiary/aromatic N) is 2. The first-order valence-corrected chi connectivity index (χ1v) is 7.76. The minimum atomic E-state index is -5.11. The molecular formula is C16H14F6N6O2. The number of amides is 4. The number of urea groups is 2. The summed E-state index contributed by atoms with van der Waals surface area (Å²) in [6, 6.07) is 1.39. The van der Waals surface area contributed by atoms with Gasteiger partial charge in [0.25, 0.3) is 0 Å². The van der Waals surface area contributed by atoms with E-state index in [2.05, 4.69) is 0 Å². The number of rotatable bonds is 3. The highest BCUT2D eigenvalue weighted by molar-refractivity contribution is 5.91. The minimum Gasteiger partial charge on any atom is -0.350 e. The van der Waals surface area contributed by atoms with Crippen molar-refractivity contribution in [2.45, 2.75) is 12.4 Å². The van der Waals surface area contributed by atoms with Crippen LogP contribution in [-0.4, -0.2) is 12.1 Å². The molecule has 2 rings (SSSR count). The maximum atomic E-state index is 13.6. The second-order valence-corrected chi connectivity index (χ2v) is 5.87. The van der Waals surface area contributed by atoms with Crippen molar-refractivity contribution in [2.75, 3.05) is 10.0 Å². The van der Waals surface area contributed by atoms with Gasteiger partial charge in [-0.1, -0.05) is 12.1 Å². The third-order valence-corrected chi connectivity index (χ3v) is 3.94. The molecule has 0 spiro atoms. The summed E-state index contributed by atoms with van der Waals surface area (Å²) in [6.07, 6.45) is -10.2. The Morgan fingerprint density at radius 3 is 1.20 bits per heavy atom. The number of nitrogens with two attached hydrogens (primary N) is 4. The number of halogens is 6. The number of anilines is 2. The molecule has 0 aromatic heterocycles. The summed E-state index contributed by atoms with van der Waals surface area (Å²) < 4.78 is 81.4. The van der Waals surface area contributed by atoms with Crippen molar-refractivity contribution in [1.29, 1.82) is 0 Å². The Labute approximate surface area is 164 Å². The highest BCUT2D eigenvalue weighted by atomic mass is 19.4. The molecule has 2 aromatic rings. The van der Waals surface area contributed by atoms with E-state index >= 15 is 0 Å². The molecule has 2 aromatic carbocycles. The molecule has 162 valence electrons. The molecule has 14 heteroatoms. The first-order valence-electron chi connectivity index (χ1n) is 7.76. The van der Waals surface area contributed by atoms with Crippen molar-refractivity contribution < 1.29 is 35.9 Å². The molecule has 0 heterocycles. The summed E-state index contributed by atoms with van der Waals surface area (Å²) in [5, 5.41) is 0.401. The summed E-state index contributed by atoms with van der Waals surface area (Å²) in [5.74, 6) is 10.5. The molecule has 0 aliphatic heterocycles. The van der Waals surface area contributed by atoms with Crippen LogP contribution in [-0.2, 0) is 12.4 Å². The van der Waals surface area contributed by atoms with Gasteiger partial charge >= 0.3 is 24.4 Å². The van der Waals surface area contributed by atoms with Gasteiger partial charge in [0, 0.05) is 0 Å². The number of hydrogen-bond donors (Lipinski definition) is 4. The number of hydrazine groups is 2. The van der Waals surface area contributed by atoms with E-state index < -0.39 is 58.0 Å². The van der Waals surface area contributed by atoms with E-state index in [0.717, 1.165) is 12.1 Å². The molecule has 0 fully saturated rings. The van der Waals surface area contributed by atoms with Gasteiger partial charge in [-0.3, -0.25) is 0 Å². The first kappa shape index (κ1) is 22.8. The highest BCUT2D eigenvalue weighted by Gasteiger charge is 2.39. The Hall–Kier alpha value is -3.52. The van der Waals surface area contributed by atoms with Gasteiger partial charge in [0.05, 0.1) is 22.5 Å². The van der Waals surface area contributed by atoms with Gasteiger partial charge in [-0.2, -0.15) is 26.3 Å². The van der Waals surface area contributed by atoms with Gasteiger partial charge in [0.1, 0.15) is 0 Å². The molecule has 8 nitrogen and oxygen atoms in total. The highest BCUT2D eigenvalue weighted by Crippen LogP contribution is 2.44. The lowest BCUT2D eigenvalue weighted by Gasteiger charge is -2.22. The van der Waals surface area contributed by atoms with Crippen molar-refractivity contribution in [3.8, 4) is 11.1 Å². The zero-order valence-electron chi connectivity index (χ0n) is 14.8. The number of alkyl halides is 6. The van der Waals surface area contributed by atoms with Crippen LogP contribution < -0.4 is 33.2 Å². The van der Waals surface area contributed by atoms with Crippen LogP contribution in [0.2, 0.25) is 0 Å².